The lowest BCUT2D eigenvalue weighted by Gasteiger charge is -2.19. The third-order valence-electron chi connectivity index (χ3n) is 2.74. The van der Waals surface area contributed by atoms with E-state index >= 15 is 0 Å². The predicted octanol–water partition coefficient (Wildman–Crippen LogP) is 2.35. The van der Waals surface area contributed by atoms with Crippen LogP contribution in [-0.2, 0) is 6.61 Å². The molecule has 0 spiro atoms. The molecule has 2 aromatic rings. The average molecular weight is 244 g/mol. The number of anilines is 2. The Labute approximate surface area is 106 Å². The summed E-state index contributed by atoms with van der Waals surface area (Å²) >= 11 is 0. The van der Waals surface area contributed by atoms with Gasteiger partial charge in [-0.25, -0.2) is 4.98 Å². The predicted molar refractivity (Wildman–Crippen MR) is 71.2 cm³/mol. The lowest BCUT2D eigenvalue weighted by atomic mass is 10.2. The van der Waals surface area contributed by atoms with Crippen LogP contribution in [0.2, 0.25) is 0 Å². The SMILES string of the molecule is COc1cccc(N(C)c2cccc(CO)n2)c1. The zero-order chi connectivity index (χ0) is 13.0. The van der Waals surface area contributed by atoms with Gasteiger partial charge in [0, 0.05) is 18.8 Å². The number of ether oxygens (including phenoxy) is 1. The molecule has 4 nitrogen and oxygen atoms in total. The molecule has 94 valence electrons. The molecule has 1 heterocycles. The topological polar surface area (TPSA) is 45.6 Å². The van der Waals surface area contributed by atoms with E-state index in [9.17, 15) is 0 Å². The molecule has 1 aromatic heterocycles. The van der Waals surface area contributed by atoms with E-state index in [2.05, 4.69) is 4.98 Å². The van der Waals surface area contributed by atoms with Gasteiger partial charge in [0.25, 0.3) is 0 Å². The molecule has 0 radical (unpaired) electrons. The van der Waals surface area contributed by atoms with E-state index in [1.807, 2.05) is 48.3 Å². The first-order valence-electron chi connectivity index (χ1n) is 5.69. The first-order valence-corrected chi connectivity index (χ1v) is 5.69. The average Bonchev–Trinajstić information content (AvgIpc) is 2.46. The van der Waals surface area contributed by atoms with Gasteiger partial charge < -0.3 is 14.7 Å². The molecule has 4 heteroatoms. The van der Waals surface area contributed by atoms with Crippen LogP contribution in [0.15, 0.2) is 42.5 Å². The van der Waals surface area contributed by atoms with Gasteiger partial charge in [0.15, 0.2) is 0 Å². The maximum Gasteiger partial charge on any atom is 0.133 e. The zero-order valence-corrected chi connectivity index (χ0v) is 10.5. The summed E-state index contributed by atoms with van der Waals surface area (Å²) in [6.45, 7) is -0.0558. The summed E-state index contributed by atoms with van der Waals surface area (Å²) in [5.74, 6) is 1.59. The number of pyridine rings is 1. The number of aliphatic hydroxyl groups is 1. The van der Waals surface area contributed by atoms with Crippen molar-refractivity contribution < 1.29 is 9.84 Å². The zero-order valence-electron chi connectivity index (χ0n) is 10.5. The van der Waals surface area contributed by atoms with E-state index in [0.717, 1.165) is 17.3 Å². The van der Waals surface area contributed by atoms with E-state index in [4.69, 9.17) is 9.84 Å². The molecular weight excluding hydrogens is 228 g/mol. The normalized spacial score (nSPS) is 10.2. The van der Waals surface area contributed by atoms with Gasteiger partial charge in [-0.2, -0.15) is 0 Å². The van der Waals surface area contributed by atoms with Crippen molar-refractivity contribution in [2.45, 2.75) is 6.61 Å². The van der Waals surface area contributed by atoms with Crippen LogP contribution in [0.4, 0.5) is 11.5 Å². The second kappa shape index (κ2) is 5.51. The molecule has 0 saturated carbocycles. The number of benzene rings is 1. The van der Waals surface area contributed by atoms with E-state index in [0.29, 0.717) is 5.69 Å². The molecule has 0 unspecified atom stereocenters. The smallest absolute Gasteiger partial charge is 0.133 e. The highest BCUT2D eigenvalue weighted by Gasteiger charge is 2.06. The van der Waals surface area contributed by atoms with Crippen LogP contribution in [-0.4, -0.2) is 24.2 Å². The highest BCUT2D eigenvalue weighted by atomic mass is 16.5. The lowest BCUT2D eigenvalue weighted by Crippen LogP contribution is -2.11. The third kappa shape index (κ3) is 2.60. The van der Waals surface area contributed by atoms with Crippen molar-refractivity contribution in [1.82, 2.24) is 4.98 Å². The van der Waals surface area contributed by atoms with Crippen molar-refractivity contribution in [2.75, 3.05) is 19.1 Å². The number of aliphatic hydroxyl groups excluding tert-OH is 1. The van der Waals surface area contributed by atoms with Crippen LogP contribution < -0.4 is 9.64 Å². The third-order valence-corrected chi connectivity index (χ3v) is 2.74. The van der Waals surface area contributed by atoms with Crippen LogP contribution in [0.25, 0.3) is 0 Å². The first-order chi connectivity index (χ1) is 8.74. The van der Waals surface area contributed by atoms with Gasteiger partial charge in [-0.1, -0.05) is 12.1 Å². The highest BCUT2D eigenvalue weighted by molar-refractivity contribution is 5.60. The fourth-order valence-corrected chi connectivity index (χ4v) is 1.69. The molecule has 0 amide bonds. The summed E-state index contributed by atoms with van der Waals surface area (Å²) < 4.78 is 5.20. The molecule has 1 N–H and O–H groups in total. The number of aromatic nitrogens is 1. The number of hydrogen-bond acceptors (Lipinski definition) is 4. The molecule has 0 aliphatic carbocycles. The minimum absolute atomic E-state index is 0.0558. The minimum Gasteiger partial charge on any atom is -0.497 e. The molecule has 0 bridgehead atoms. The van der Waals surface area contributed by atoms with E-state index in [-0.39, 0.29) is 6.61 Å². The van der Waals surface area contributed by atoms with Gasteiger partial charge in [0.05, 0.1) is 19.4 Å². The summed E-state index contributed by atoms with van der Waals surface area (Å²) in [4.78, 5) is 6.30. The number of nitrogens with zero attached hydrogens (tertiary/aromatic N) is 2. The number of methoxy groups -OCH3 is 1. The van der Waals surface area contributed by atoms with Crippen LogP contribution in [0.5, 0.6) is 5.75 Å². The second-order valence-electron chi connectivity index (χ2n) is 3.91. The minimum atomic E-state index is -0.0558. The van der Waals surface area contributed by atoms with Crippen molar-refractivity contribution in [2.24, 2.45) is 0 Å². The summed E-state index contributed by atoms with van der Waals surface area (Å²) in [6.07, 6.45) is 0. The Morgan fingerprint density at radius 3 is 2.72 bits per heavy atom. The molecule has 0 aliphatic heterocycles. The Bertz CT molecular complexity index is 481. The molecule has 1 aromatic carbocycles. The highest BCUT2D eigenvalue weighted by Crippen LogP contribution is 2.25. The molecule has 0 aliphatic rings. The Hall–Kier alpha value is -2.07. The molecule has 2 rings (SSSR count). The van der Waals surface area contributed by atoms with Crippen molar-refractivity contribution in [3.8, 4) is 5.75 Å². The molecular formula is C14H16N2O2. The monoisotopic (exact) mass is 244 g/mol. The molecule has 0 fully saturated rings. The summed E-state index contributed by atoms with van der Waals surface area (Å²) in [5, 5.41) is 9.10. The van der Waals surface area contributed by atoms with E-state index < -0.39 is 0 Å². The largest absolute Gasteiger partial charge is 0.497 e. The maximum absolute atomic E-state index is 9.10. The number of hydrogen-bond donors (Lipinski definition) is 1. The molecule has 18 heavy (non-hydrogen) atoms. The van der Waals surface area contributed by atoms with Crippen molar-refractivity contribution in [1.29, 1.82) is 0 Å². The molecule has 0 atom stereocenters. The fourth-order valence-electron chi connectivity index (χ4n) is 1.69. The van der Waals surface area contributed by atoms with Gasteiger partial charge in [0.2, 0.25) is 0 Å². The van der Waals surface area contributed by atoms with E-state index in [1.165, 1.54) is 0 Å². The van der Waals surface area contributed by atoms with E-state index in [1.54, 1.807) is 13.2 Å². The lowest BCUT2D eigenvalue weighted by molar-refractivity contribution is 0.277. The summed E-state index contributed by atoms with van der Waals surface area (Å²) in [7, 11) is 3.57. The Balaban J connectivity index is 2.31. The number of rotatable bonds is 4. The van der Waals surface area contributed by atoms with Crippen LogP contribution in [0, 0.1) is 0 Å². The van der Waals surface area contributed by atoms with Gasteiger partial charge in [-0.15, -0.1) is 0 Å². The second-order valence-corrected chi connectivity index (χ2v) is 3.91. The maximum atomic E-state index is 9.10. The van der Waals surface area contributed by atoms with Crippen LogP contribution in [0.1, 0.15) is 5.69 Å². The summed E-state index contributed by atoms with van der Waals surface area (Å²) in [6, 6.07) is 13.3. The van der Waals surface area contributed by atoms with Gasteiger partial charge in [-0.3, -0.25) is 0 Å². The van der Waals surface area contributed by atoms with Crippen molar-refractivity contribution in [3.63, 3.8) is 0 Å². The van der Waals surface area contributed by atoms with Crippen LogP contribution >= 0.6 is 0 Å². The van der Waals surface area contributed by atoms with Crippen LogP contribution in [0.3, 0.4) is 0 Å². The quantitative estimate of drug-likeness (QED) is 0.896. The Morgan fingerprint density at radius 2 is 2.00 bits per heavy atom. The van der Waals surface area contributed by atoms with Gasteiger partial charge in [0.1, 0.15) is 11.6 Å². The van der Waals surface area contributed by atoms with Crippen molar-refractivity contribution >= 4 is 11.5 Å². The fraction of sp³-hybridized carbons (Fsp3) is 0.214. The Kier molecular flexibility index (Phi) is 3.79. The Morgan fingerprint density at radius 1 is 1.22 bits per heavy atom. The molecule has 0 saturated heterocycles. The summed E-state index contributed by atoms with van der Waals surface area (Å²) in [5.41, 5.74) is 1.64. The van der Waals surface area contributed by atoms with Crippen molar-refractivity contribution in [3.05, 3.63) is 48.2 Å². The first kappa shape index (κ1) is 12.4. The standard InChI is InChI=1S/C14H16N2O2/c1-16(12-6-4-7-13(9-12)18-2)14-8-3-5-11(10-17)15-14/h3-9,17H,10H2,1-2H3. The van der Waals surface area contributed by atoms with Gasteiger partial charge in [-0.05, 0) is 24.3 Å². The van der Waals surface area contributed by atoms with Gasteiger partial charge >= 0.3 is 0 Å².